The van der Waals surface area contributed by atoms with Gasteiger partial charge in [0.05, 0.1) is 11.6 Å². The minimum absolute atomic E-state index is 0.0120. The maximum atomic E-state index is 11.3. The van der Waals surface area contributed by atoms with E-state index in [0.29, 0.717) is 13.2 Å². The number of carbonyl (C=O) groups is 1. The van der Waals surface area contributed by atoms with Gasteiger partial charge in [0, 0.05) is 13.2 Å². The average molecular weight is 200 g/mol. The van der Waals surface area contributed by atoms with Gasteiger partial charge < -0.3 is 15.8 Å². The van der Waals surface area contributed by atoms with E-state index >= 15 is 0 Å². The largest absolute Gasteiger partial charge is 0.379 e. The standard InChI is InChI=1S/C10H20N2O2/c1-8(2)14-7-3-6-12-9(13)10(11)4-5-10/h8H,3-7,11H2,1-2H3,(H,12,13). The van der Waals surface area contributed by atoms with Gasteiger partial charge in [0.1, 0.15) is 0 Å². The van der Waals surface area contributed by atoms with Gasteiger partial charge in [0.2, 0.25) is 5.91 Å². The van der Waals surface area contributed by atoms with Crippen molar-refractivity contribution in [3.63, 3.8) is 0 Å². The first-order chi connectivity index (χ1) is 6.54. The van der Waals surface area contributed by atoms with Gasteiger partial charge in [0.25, 0.3) is 0 Å². The lowest BCUT2D eigenvalue weighted by Gasteiger charge is -2.10. The summed E-state index contributed by atoms with van der Waals surface area (Å²) in [4.78, 5) is 11.3. The summed E-state index contributed by atoms with van der Waals surface area (Å²) in [6.07, 6.45) is 2.75. The maximum absolute atomic E-state index is 11.3. The lowest BCUT2D eigenvalue weighted by molar-refractivity contribution is -0.123. The van der Waals surface area contributed by atoms with Crippen molar-refractivity contribution in [1.29, 1.82) is 0 Å². The molecule has 1 amide bonds. The summed E-state index contributed by atoms with van der Waals surface area (Å²) in [7, 11) is 0. The van der Waals surface area contributed by atoms with Gasteiger partial charge in [-0.15, -0.1) is 0 Å². The zero-order valence-corrected chi connectivity index (χ0v) is 9.01. The van der Waals surface area contributed by atoms with Crippen LogP contribution in [0.1, 0.15) is 33.1 Å². The number of rotatable bonds is 6. The van der Waals surface area contributed by atoms with E-state index in [9.17, 15) is 4.79 Å². The smallest absolute Gasteiger partial charge is 0.240 e. The zero-order valence-electron chi connectivity index (χ0n) is 9.01. The summed E-state index contributed by atoms with van der Waals surface area (Å²) in [5.41, 5.74) is 5.17. The average Bonchev–Trinajstić information content (AvgIpc) is 2.83. The fourth-order valence-corrected chi connectivity index (χ4v) is 1.13. The number of amides is 1. The molecule has 1 aliphatic carbocycles. The van der Waals surface area contributed by atoms with Crippen LogP contribution in [0.5, 0.6) is 0 Å². The van der Waals surface area contributed by atoms with Crippen LogP contribution in [-0.4, -0.2) is 30.7 Å². The summed E-state index contributed by atoms with van der Waals surface area (Å²) in [6, 6.07) is 0. The third kappa shape index (κ3) is 3.64. The molecule has 0 heterocycles. The van der Waals surface area contributed by atoms with Crippen molar-refractivity contribution < 1.29 is 9.53 Å². The van der Waals surface area contributed by atoms with Gasteiger partial charge in [-0.1, -0.05) is 0 Å². The zero-order chi connectivity index (χ0) is 10.6. The van der Waals surface area contributed by atoms with E-state index < -0.39 is 5.54 Å². The predicted octanol–water partition coefficient (Wildman–Crippen LogP) is 0.409. The topological polar surface area (TPSA) is 64.3 Å². The predicted molar refractivity (Wildman–Crippen MR) is 54.9 cm³/mol. The molecule has 0 radical (unpaired) electrons. The second-order valence-electron chi connectivity index (χ2n) is 4.19. The monoisotopic (exact) mass is 200 g/mol. The molecule has 4 heteroatoms. The molecular formula is C10H20N2O2. The molecule has 1 rings (SSSR count). The van der Waals surface area contributed by atoms with Crippen LogP contribution in [0.2, 0.25) is 0 Å². The van der Waals surface area contributed by atoms with Crippen LogP contribution < -0.4 is 11.1 Å². The van der Waals surface area contributed by atoms with Gasteiger partial charge in [0.15, 0.2) is 0 Å². The van der Waals surface area contributed by atoms with Crippen LogP contribution in [0, 0.1) is 0 Å². The van der Waals surface area contributed by atoms with Gasteiger partial charge in [-0.2, -0.15) is 0 Å². The Kier molecular flexibility index (Phi) is 3.89. The molecule has 0 saturated heterocycles. The number of nitrogens with one attached hydrogen (secondary N) is 1. The molecule has 0 unspecified atom stereocenters. The molecule has 0 aliphatic heterocycles. The Balaban J connectivity index is 1.96. The van der Waals surface area contributed by atoms with Gasteiger partial charge in [-0.3, -0.25) is 4.79 Å². The first kappa shape index (κ1) is 11.5. The van der Waals surface area contributed by atoms with Crippen LogP contribution in [-0.2, 0) is 9.53 Å². The highest BCUT2D eigenvalue weighted by molar-refractivity contribution is 5.88. The Morgan fingerprint density at radius 1 is 1.57 bits per heavy atom. The molecule has 1 fully saturated rings. The Bertz CT molecular complexity index is 200. The number of nitrogens with two attached hydrogens (primary N) is 1. The normalized spacial score (nSPS) is 18.3. The van der Waals surface area contributed by atoms with Crippen LogP contribution in [0.4, 0.5) is 0 Å². The van der Waals surface area contributed by atoms with E-state index in [1.54, 1.807) is 0 Å². The summed E-state index contributed by atoms with van der Waals surface area (Å²) in [5, 5.41) is 2.81. The van der Waals surface area contributed by atoms with Crippen molar-refractivity contribution in [2.24, 2.45) is 5.73 Å². The van der Waals surface area contributed by atoms with Gasteiger partial charge >= 0.3 is 0 Å². The summed E-state index contributed by atoms with van der Waals surface area (Å²) in [5.74, 6) is -0.0120. The van der Waals surface area contributed by atoms with Crippen molar-refractivity contribution in [3.05, 3.63) is 0 Å². The minimum atomic E-state index is -0.543. The molecule has 0 atom stereocenters. The Morgan fingerprint density at radius 3 is 2.71 bits per heavy atom. The van der Waals surface area contributed by atoms with E-state index in [1.165, 1.54) is 0 Å². The molecule has 0 aromatic rings. The maximum Gasteiger partial charge on any atom is 0.240 e. The van der Waals surface area contributed by atoms with Crippen molar-refractivity contribution in [3.8, 4) is 0 Å². The molecule has 14 heavy (non-hydrogen) atoms. The summed E-state index contributed by atoms with van der Waals surface area (Å²) >= 11 is 0. The molecule has 82 valence electrons. The van der Waals surface area contributed by atoms with Gasteiger partial charge in [-0.05, 0) is 33.1 Å². The quantitative estimate of drug-likeness (QED) is 0.610. The molecular weight excluding hydrogens is 180 g/mol. The molecule has 3 N–H and O–H groups in total. The van der Waals surface area contributed by atoms with E-state index in [1.807, 2.05) is 13.8 Å². The van der Waals surface area contributed by atoms with Crippen molar-refractivity contribution >= 4 is 5.91 Å². The van der Waals surface area contributed by atoms with Crippen LogP contribution in [0.3, 0.4) is 0 Å². The highest BCUT2D eigenvalue weighted by Crippen LogP contribution is 2.31. The molecule has 0 aromatic carbocycles. The van der Waals surface area contributed by atoms with E-state index in [-0.39, 0.29) is 12.0 Å². The highest BCUT2D eigenvalue weighted by Gasteiger charge is 2.45. The second kappa shape index (κ2) is 4.75. The fourth-order valence-electron chi connectivity index (χ4n) is 1.13. The first-order valence-electron chi connectivity index (χ1n) is 5.23. The number of ether oxygens (including phenoxy) is 1. The first-order valence-corrected chi connectivity index (χ1v) is 5.23. The highest BCUT2D eigenvalue weighted by atomic mass is 16.5. The SMILES string of the molecule is CC(C)OCCCNC(=O)C1(N)CC1. The van der Waals surface area contributed by atoms with E-state index in [2.05, 4.69) is 5.32 Å². The minimum Gasteiger partial charge on any atom is -0.379 e. The third-order valence-electron chi connectivity index (χ3n) is 2.30. The lowest BCUT2D eigenvalue weighted by Crippen LogP contribution is -2.43. The number of hydrogen-bond acceptors (Lipinski definition) is 3. The fraction of sp³-hybridized carbons (Fsp3) is 0.900. The molecule has 0 aromatic heterocycles. The Labute approximate surface area is 85.2 Å². The summed E-state index contributed by atoms with van der Waals surface area (Å²) < 4.78 is 5.34. The van der Waals surface area contributed by atoms with Crippen molar-refractivity contribution in [2.45, 2.75) is 44.8 Å². The molecule has 4 nitrogen and oxygen atoms in total. The lowest BCUT2D eigenvalue weighted by atomic mass is 10.2. The van der Waals surface area contributed by atoms with Crippen LogP contribution in [0.15, 0.2) is 0 Å². The number of carbonyl (C=O) groups excluding carboxylic acids is 1. The third-order valence-corrected chi connectivity index (χ3v) is 2.30. The Hall–Kier alpha value is -0.610. The van der Waals surface area contributed by atoms with E-state index in [4.69, 9.17) is 10.5 Å². The van der Waals surface area contributed by atoms with Crippen LogP contribution >= 0.6 is 0 Å². The Morgan fingerprint density at radius 2 is 2.21 bits per heavy atom. The van der Waals surface area contributed by atoms with Crippen molar-refractivity contribution in [2.75, 3.05) is 13.2 Å². The molecule has 1 aliphatic rings. The summed E-state index contributed by atoms with van der Waals surface area (Å²) in [6.45, 7) is 5.34. The van der Waals surface area contributed by atoms with Crippen LogP contribution in [0.25, 0.3) is 0 Å². The van der Waals surface area contributed by atoms with Gasteiger partial charge in [-0.25, -0.2) is 0 Å². The second-order valence-corrected chi connectivity index (χ2v) is 4.19. The molecule has 0 bridgehead atoms. The van der Waals surface area contributed by atoms with E-state index in [0.717, 1.165) is 19.3 Å². The van der Waals surface area contributed by atoms with Crippen molar-refractivity contribution in [1.82, 2.24) is 5.32 Å². The molecule has 1 saturated carbocycles. The number of hydrogen-bond donors (Lipinski definition) is 2. The molecule has 0 spiro atoms.